The molecule has 0 radical (unpaired) electrons. The van der Waals surface area contributed by atoms with E-state index in [9.17, 15) is 0 Å². The van der Waals surface area contributed by atoms with Crippen LogP contribution in [0.1, 0.15) is 24.2 Å². The molecule has 3 rings (SSSR count). The maximum absolute atomic E-state index is 5.54. The quantitative estimate of drug-likeness (QED) is 0.882. The van der Waals surface area contributed by atoms with Crippen LogP contribution in [0.4, 0.5) is 0 Å². The van der Waals surface area contributed by atoms with Gasteiger partial charge in [0.2, 0.25) is 0 Å². The molecule has 1 atom stereocenters. The van der Waals surface area contributed by atoms with Gasteiger partial charge >= 0.3 is 0 Å². The van der Waals surface area contributed by atoms with Crippen LogP contribution < -0.4 is 10.1 Å². The third-order valence-electron chi connectivity index (χ3n) is 4.02. The average molecular weight is 315 g/mol. The molecule has 0 saturated carbocycles. The number of fused-ring (bicyclic) bond motifs is 1. The third-order valence-corrected chi connectivity index (χ3v) is 4.46. The smallest absolute Gasteiger partial charge is 0.169 e. The van der Waals surface area contributed by atoms with Gasteiger partial charge in [0.15, 0.2) is 5.11 Å². The van der Waals surface area contributed by atoms with Gasteiger partial charge in [0, 0.05) is 32.0 Å². The highest BCUT2D eigenvalue weighted by Crippen LogP contribution is 2.33. The number of ether oxygens (including phenoxy) is 1. The van der Waals surface area contributed by atoms with Crippen molar-refractivity contribution in [3.8, 4) is 5.75 Å². The minimum absolute atomic E-state index is 0.138. The van der Waals surface area contributed by atoms with Crippen LogP contribution in [0.15, 0.2) is 42.6 Å². The van der Waals surface area contributed by atoms with Crippen molar-refractivity contribution in [2.45, 2.75) is 19.5 Å². The summed E-state index contributed by atoms with van der Waals surface area (Å²) in [5.41, 5.74) is 2.49. The van der Waals surface area contributed by atoms with Crippen LogP contribution in [0.2, 0.25) is 0 Å². The van der Waals surface area contributed by atoms with E-state index in [4.69, 9.17) is 17.0 Å². The van der Waals surface area contributed by atoms with Gasteiger partial charge in [0.25, 0.3) is 0 Å². The highest BCUT2D eigenvalue weighted by Gasteiger charge is 2.29. The molecule has 2 aromatic rings. The lowest BCUT2D eigenvalue weighted by molar-refractivity contribution is 0.287. The van der Waals surface area contributed by atoms with Crippen molar-refractivity contribution in [2.75, 3.05) is 20.2 Å². The van der Waals surface area contributed by atoms with Crippen LogP contribution >= 0.6 is 12.2 Å². The molecule has 5 heteroatoms. The molecule has 1 aromatic carbocycles. The number of benzene rings is 1. The number of aromatic nitrogens is 1. The summed E-state index contributed by atoms with van der Waals surface area (Å²) in [6, 6.07) is 12.7. The van der Waals surface area contributed by atoms with Gasteiger partial charge in [-0.3, -0.25) is 0 Å². The standard InChI is InChI=1S/C17H21N3OS/c1-3-21-14-8-6-13(7-9-14)16-15-5-4-10-19(15)11-12-20(16)17(22)18-2/h4-10,16H,3,11-12H2,1-2H3,(H,18,22)/t16-/m1/s1. The highest BCUT2D eigenvalue weighted by molar-refractivity contribution is 7.80. The van der Waals surface area contributed by atoms with E-state index < -0.39 is 0 Å². The zero-order valence-electron chi connectivity index (χ0n) is 13.0. The second kappa shape index (κ2) is 6.40. The first kappa shape index (κ1) is 14.9. The van der Waals surface area contributed by atoms with Crippen molar-refractivity contribution < 1.29 is 4.74 Å². The first-order valence-electron chi connectivity index (χ1n) is 7.60. The average Bonchev–Trinajstić information content (AvgIpc) is 3.03. The Kier molecular flexibility index (Phi) is 4.34. The fourth-order valence-corrected chi connectivity index (χ4v) is 3.21. The third kappa shape index (κ3) is 2.68. The minimum Gasteiger partial charge on any atom is -0.494 e. The second-order valence-corrected chi connectivity index (χ2v) is 5.67. The lowest BCUT2D eigenvalue weighted by Crippen LogP contribution is -2.46. The Bertz CT molecular complexity index is 650. The van der Waals surface area contributed by atoms with Gasteiger partial charge in [-0.25, -0.2) is 0 Å². The number of hydrogen-bond donors (Lipinski definition) is 1. The molecule has 0 spiro atoms. The van der Waals surface area contributed by atoms with Gasteiger partial charge in [-0.05, 0) is 49.0 Å². The summed E-state index contributed by atoms with van der Waals surface area (Å²) in [6.07, 6.45) is 2.14. The fourth-order valence-electron chi connectivity index (χ4n) is 3.01. The van der Waals surface area contributed by atoms with E-state index in [-0.39, 0.29) is 6.04 Å². The molecule has 1 aromatic heterocycles. The summed E-state index contributed by atoms with van der Waals surface area (Å²) in [7, 11) is 1.88. The second-order valence-electron chi connectivity index (χ2n) is 5.28. The Hall–Kier alpha value is -2.01. The normalized spacial score (nSPS) is 17.0. The molecule has 0 aliphatic carbocycles. The first-order chi connectivity index (χ1) is 10.7. The monoisotopic (exact) mass is 315 g/mol. The number of hydrogen-bond acceptors (Lipinski definition) is 2. The molecule has 116 valence electrons. The number of rotatable bonds is 3. The van der Waals surface area contributed by atoms with Crippen molar-refractivity contribution in [3.05, 3.63) is 53.9 Å². The summed E-state index contributed by atoms with van der Waals surface area (Å²) in [6.45, 7) is 4.54. The van der Waals surface area contributed by atoms with Crippen molar-refractivity contribution in [1.29, 1.82) is 0 Å². The highest BCUT2D eigenvalue weighted by atomic mass is 32.1. The number of nitrogens with zero attached hydrogens (tertiary/aromatic N) is 2. The Morgan fingerprint density at radius 1 is 1.27 bits per heavy atom. The Labute approximate surface area is 136 Å². The first-order valence-corrected chi connectivity index (χ1v) is 8.01. The molecule has 0 unspecified atom stereocenters. The van der Waals surface area contributed by atoms with E-state index in [1.165, 1.54) is 11.3 Å². The Balaban J connectivity index is 1.98. The molecule has 0 saturated heterocycles. The summed E-state index contributed by atoms with van der Waals surface area (Å²) in [4.78, 5) is 2.25. The van der Waals surface area contributed by atoms with E-state index in [0.717, 1.165) is 24.0 Å². The Morgan fingerprint density at radius 3 is 2.73 bits per heavy atom. The molecule has 0 amide bonds. The van der Waals surface area contributed by atoms with Gasteiger partial charge in [0.1, 0.15) is 5.75 Å². The molecule has 2 heterocycles. The fraction of sp³-hybridized carbons (Fsp3) is 0.353. The zero-order chi connectivity index (χ0) is 15.5. The van der Waals surface area contributed by atoms with Crippen molar-refractivity contribution >= 4 is 17.3 Å². The van der Waals surface area contributed by atoms with Crippen molar-refractivity contribution in [3.63, 3.8) is 0 Å². The summed E-state index contributed by atoms with van der Waals surface area (Å²) in [5, 5.41) is 3.90. The minimum atomic E-state index is 0.138. The molecular weight excluding hydrogens is 294 g/mol. The largest absolute Gasteiger partial charge is 0.494 e. The van der Waals surface area contributed by atoms with Crippen LogP contribution in [0, 0.1) is 0 Å². The van der Waals surface area contributed by atoms with E-state index in [2.05, 4.69) is 45.2 Å². The summed E-state index contributed by atoms with van der Waals surface area (Å²) < 4.78 is 7.84. The van der Waals surface area contributed by atoms with Gasteiger partial charge < -0.3 is 19.5 Å². The predicted molar refractivity (Wildman–Crippen MR) is 92.2 cm³/mol. The van der Waals surface area contributed by atoms with E-state index in [1.54, 1.807) is 0 Å². The van der Waals surface area contributed by atoms with Gasteiger partial charge in [-0.1, -0.05) is 12.1 Å². The maximum Gasteiger partial charge on any atom is 0.169 e. The number of nitrogens with one attached hydrogen (secondary N) is 1. The molecule has 22 heavy (non-hydrogen) atoms. The molecule has 0 bridgehead atoms. The van der Waals surface area contributed by atoms with Crippen LogP contribution in [-0.2, 0) is 6.54 Å². The molecule has 1 N–H and O–H groups in total. The van der Waals surface area contributed by atoms with Crippen molar-refractivity contribution in [2.24, 2.45) is 0 Å². The molecule has 1 aliphatic rings. The SMILES string of the molecule is CCOc1ccc([C@@H]2c3cccn3CCN2C(=S)NC)cc1. The molecule has 1 aliphatic heterocycles. The van der Waals surface area contributed by atoms with Crippen LogP contribution in [0.3, 0.4) is 0 Å². The van der Waals surface area contributed by atoms with Crippen LogP contribution in [-0.4, -0.2) is 34.8 Å². The van der Waals surface area contributed by atoms with Crippen LogP contribution in [0.5, 0.6) is 5.75 Å². The van der Waals surface area contributed by atoms with Crippen LogP contribution in [0.25, 0.3) is 0 Å². The molecule has 0 fully saturated rings. The number of thiocarbonyl (C=S) groups is 1. The summed E-state index contributed by atoms with van der Waals surface area (Å²) in [5.74, 6) is 0.903. The van der Waals surface area contributed by atoms with E-state index in [0.29, 0.717) is 6.61 Å². The van der Waals surface area contributed by atoms with Gasteiger partial charge in [-0.15, -0.1) is 0 Å². The lowest BCUT2D eigenvalue weighted by Gasteiger charge is -2.38. The molecule has 4 nitrogen and oxygen atoms in total. The molecular formula is C17H21N3OS. The van der Waals surface area contributed by atoms with Gasteiger partial charge in [0.05, 0.1) is 12.6 Å². The lowest BCUT2D eigenvalue weighted by atomic mass is 10.0. The topological polar surface area (TPSA) is 29.4 Å². The van der Waals surface area contributed by atoms with Gasteiger partial charge in [-0.2, -0.15) is 0 Å². The predicted octanol–water partition coefficient (Wildman–Crippen LogP) is 2.80. The maximum atomic E-state index is 5.54. The van der Waals surface area contributed by atoms with E-state index >= 15 is 0 Å². The summed E-state index contributed by atoms with van der Waals surface area (Å²) >= 11 is 5.50. The van der Waals surface area contributed by atoms with E-state index in [1.807, 2.05) is 26.1 Å². The zero-order valence-corrected chi connectivity index (χ0v) is 13.8. The van der Waals surface area contributed by atoms with Crippen molar-refractivity contribution in [1.82, 2.24) is 14.8 Å². The Morgan fingerprint density at radius 2 is 2.05 bits per heavy atom.